The van der Waals surface area contributed by atoms with E-state index in [-0.39, 0.29) is 5.91 Å². The molecule has 0 saturated heterocycles. The molecule has 1 N–H and O–H groups in total. The maximum atomic E-state index is 12.0. The van der Waals surface area contributed by atoms with Crippen molar-refractivity contribution in [1.29, 1.82) is 0 Å². The van der Waals surface area contributed by atoms with Gasteiger partial charge in [0.1, 0.15) is 0 Å². The molecule has 0 spiro atoms. The summed E-state index contributed by atoms with van der Waals surface area (Å²) in [5.41, 5.74) is 0.477. The van der Waals surface area contributed by atoms with Crippen molar-refractivity contribution < 1.29 is 4.79 Å². The van der Waals surface area contributed by atoms with Gasteiger partial charge in [-0.15, -0.1) is 0 Å². The number of halogens is 2. The first-order chi connectivity index (χ1) is 11.5. The van der Waals surface area contributed by atoms with E-state index < -0.39 is 5.66 Å². The summed E-state index contributed by atoms with van der Waals surface area (Å²) < 4.78 is 0. The molecule has 0 bridgehead atoms. The van der Waals surface area contributed by atoms with Crippen molar-refractivity contribution in [1.82, 2.24) is 5.32 Å². The highest BCUT2D eigenvalue weighted by atomic mass is 35.5. The van der Waals surface area contributed by atoms with Crippen LogP contribution in [-0.2, 0) is 10.5 Å². The average molecular weight is 358 g/mol. The Morgan fingerprint density at radius 3 is 2.42 bits per heavy atom. The van der Waals surface area contributed by atoms with Gasteiger partial charge in [-0.1, -0.05) is 53.5 Å². The minimum absolute atomic E-state index is 0.194. The molecule has 121 valence electrons. The van der Waals surface area contributed by atoms with Gasteiger partial charge in [0.15, 0.2) is 5.66 Å². The minimum Gasteiger partial charge on any atom is -0.326 e. The molecule has 5 heteroatoms. The molecule has 3 rings (SSSR count). The third-order valence-electron chi connectivity index (χ3n) is 3.76. The van der Waals surface area contributed by atoms with Gasteiger partial charge in [0.05, 0.1) is 10.7 Å². The lowest BCUT2D eigenvalue weighted by molar-refractivity contribution is -0.120. The van der Waals surface area contributed by atoms with Gasteiger partial charge in [0, 0.05) is 23.7 Å². The van der Waals surface area contributed by atoms with E-state index in [1.807, 2.05) is 47.5 Å². The predicted molar refractivity (Wildman–Crippen MR) is 97.8 cm³/mol. The Balaban J connectivity index is 2.24. The molecule has 1 atom stereocenters. The summed E-state index contributed by atoms with van der Waals surface area (Å²) in [6.07, 6.45) is 8.42. The number of nitrogens with zero attached hydrogens (tertiary/aromatic N) is 1. The second-order valence-electron chi connectivity index (χ2n) is 5.38. The first kappa shape index (κ1) is 16.6. The number of allylic oxidation sites excluding steroid dienone is 2. The van der Waals surface area contributed by atoms with Crippen LogP contribution in [0.3, 0.4) is 0 Å². The Morgan fingerprint density at radius 2 is 1.75 bits per heavy atom. The standard InChI is InChI=1S/C19H15Cl2N2O/c1-14(24)22-19(15-8-2-3-9-16(15)20)12-6-7-13-23(19)18-11-5-4-10-17(18)21/h2-5,7-13H,1H3,(H,22,24). The Bertz CT molecular complexity index is 832. The van der Waals surface area contributed by atoms with Crippen LogP contribution in [0.1, 0.15) is 12.5 Å². The zero-order valence-electron chi connectivity index (χ0n) is 13.0. The molecule has 1 aliphatic rings. The van der Waals surface area contributed by atoms with Gasteiger partial charge in [-0.3, -0.25) is 4.79 Å². The van der Waals surface area contributed by atoms with Crippen molar-refractivity contribution in [3.63, 3.8) is 0 Å². The van der Waals surface area contributed by atoms with Crippen molar-refractivity contribution in [2.75, 3.05) is 4.90 Å². The summed E-state index contributed by atoms with van der Waals surface area (Å²) in [5, 5.41) is 4.11. The minimum atomic E-state index is -1.01. The molecular formula is C19H15Cl2N2O. The van der Waals surface area contributed by atoms with Crippen LogP contribution in [0.25, 0.3) is 0 Å². The SMILES string of the molecule is CC(=O)NC1(c2ccccc2Cl)C=[C]C=CN1c1ccccc1Cl. The predicted octanol–water partition coefficient (Wildman–Crippen LogP) is 4.68. The number of hydrogen-bond donors (Lipinski definition) is 1. The van der Waals surface area contributed by atoms with Gasteiger partial charge in [-0.05, 0) is 36.4 Å². The van der Waals surface area contributed by atoms with E-state index in [4.69, 9.17) is 23.2 Å². The van der Waals surface area contributed by atoms with Crippen molar-refractivity contribution >= 4 is 34.8 Å². The van der Waals surface area contributed by atoms with Crippen LogP contribution < -0.4 is 10.2 Å². The van der Waals surface area contributed by atoms with Crippen LogP contribution in [0.5, 0.6) is 0 Å². The van der Waals surface area contributed by atoms with Gasteiger partial charge in [-0.25, -0.2) is 0 Å². The van der Waals surface area contributed by atoms with Gasteiger partial charge in [0.2, 0.25) is 5.91 Å². The van der Waals surface area contributed by atoms with Crippen LogP contribution in [0, 0.1) is 6.08 Å². The quantitative estimate of drug-likeness (QED) is 0.864. The number of amides is 1. The highest BCUT2D eigenvalue weighted by Crippen LogP contribution is 2.40. The molecular weight excluding hydrogens is 343 g/mol. The monoisotopic (exact) mass is 357 g/mol. The molecule has 1 amide bonds. The first-order valence-corrected chi connectivity index (χ1v) is 8.15. The van der Waals surface area contributed by atoms with Gasteiger partial charge in [0.25, 0.3) is 0 Å². The zero-order chi connectivity index (χ0) is 17.2. The summed E-state index contributed by atoms with van der Waals surface area (Å²) in [4.78, 5) is 13.9. The summed E-state index contributed by atoms with van der Waals surface area (Å²) >= 11 is 12.8. The maximum Gasteiger partial charge on any atom is 0.219 e. The summed E-state index contributed by atoms with van der Waals surface area (Å²) in [7, 11) is 0. The van der Waals surface area contributed by atoms with Crippen molar-refractivity contribution in [2.24, 2.45) is 0 Å². The lowest BCUT2D eigenvalue weighted by Crippen LogP contribution is -2.55. The van der Waals surface area contributed by atoms with E-state index in [2.05, 4.69) is 11.4 Å². The number of benzene rings is 2. The Hall–Kier alpha value is -2.23. The number of rotatable bonds is 3. The zero-order valence-corrected chi connectivity index (χ0v) is 14.5. The number of para-hydroxylation sites is 1. The van der Waals surface area contributed by atoms with Crippen LogP contribution >= 0.6 is 23.2 Å². The van der Waals surface area contributed by atoms with Crippen LogP contribution in [0.15, 0.2) is 66.9 Å². The van der Waals surface area contributed by atoms with E-state index >= 15 is 0 Å². The number of anilines is 1. The van der Waals surface area contributed by atoms with E-state index in [0.717, 1.165) is 11.3 Å². The topological polar surface area (TPSA) is 32.3 Å². The summed E-state index contributed by atoms with van der Waals surface area (Å²) in [6.45, 7) is 1.47. The molecule has 2 aromatic rings. The number of nitrogens with one attached hydrogen (secondary N) is 1. The molecule has 0 saturated carbocycles. The van der Waals surface area contributed by atoms with Gasteiger partial charge < -0.3 is 10.2 Å². The summed E-state index contributed by atoms with van der Waals surface area (Å²) in [6, 6.07) is 14.8. The van der Waals surface area contributed by atoms with E-state index in [1.54, 1.807) is 24.3 Å². The van der Waals surface area contributed by atoms with Crippen molar-refractivity contribution in [3.8, 4) is 0 Å². The third-order valence-corrected chi connectivity index (χ3v) is 4.40. The molecule has 1 unspecified atom stereocenters. The largest absolute Gasteiger partial charge is 0.326 e. The smallest absolute Gasteiger partial charge is 0.219 e. The Labute approximate surface area is 151 Å². The Kier molecular flexibility index (Phi) is 4.65. The van der Waals surface area contributed by atoms with Gasteiger partial charge in [-0.2, -0.15) is 0 Å². The van der Waals surface area contributed by atoms with Gasteiger partial charge >= 0.3 is 0 Å². The van der Waals surface area contributed by atoms with Crippen molar-refractivity contribution in [3.05, 3.63) is 88.6 Å². The Morgan fingerprint density at radius 1 is 1.08 bits per heavy atom. The molecule has 1 radical (unpaired) electrons. The van der Waals surface area contributed by atoms with Crippen LogP contribution in [0.4, 0.5) is 5.69 Å². The van der Waals surface area contributed by atoms with Crippen LogP contribution in [-0.4, -0.2) is 5.91 Å². The number of carbonyl (C=O) groups is 1. The van der Waals surface area contributed by atoms with Crippen molar-refractivity contribution in [2.45, 2.75) is 12.6 Å². The summed E-state index contributed by atoms with van der Waals surface area (Å²) in [5.74, 6) is -0.194. The molecule has 0 aromatic heterocycles. The first-order valence-electron chi connectivity index (χ1n) is 7.39. The van der Waals surface area contributed by atoms with E-state index in [9.17, 15) is 4.79 Å². The second kappa shape index (κ2) is 6.71. The average Bonchev–Trinajstić information content (AvgIpc) is 2.56. The molecule has 1 heterocycles. The molecule has 0 fully saturated rings. The molecule has 24 heavy (non-hydrogen) atoms. The highest BCUT2D eigenvalue weighted by Gasteiger charge is 2.40. The third kappa shape index (κ3) is 2.93. The second-order valence-corrected chi connectivity index (χ2v) is 6.19. The maximum absolute atomic E-state index is 12.0. The number of carbonyl (C=O) groups excluding carboxylic acids is 1. The van der Waals surface area contributed by atoms with E-state index in [1.165, 1.54) is 6.92 Å². The fourth-order valence-electron chi connectivity index (χ4n) is 2.80. The highest BCUT2D eigenvalue weighted by molar-refractivity contribution is 6.33. The number of hydrogen-bond acceptors (Lipinski definition) is 2. The molecule has 1 aliphatic heterocycles. The fraction of sp³-hybridized carbons (Fsp3) is 0.105. The normalized spacial score (nSPS) is 19.4. The van der Waals surface area contributed by atoms with Crippen LogP contribution in [0.2, 0.25) is 10.0 Å². The van der Waals surface area contributed by atoms with E-state index in [0.29, 0.717) is 10.0 Å². The molecule has 0 aliphatic carbocycles. The lowest BCUT2D eigenvalue weighted by atomic mass is 9.93. The fourth-order valence-corrected chi connectivity index (χ4v) is 3.31. The molecule has 2 aromatic carbocycles. The molecule has 3 nitrogen and oxygen atoms in total. The lowest BCUT2D eigenvalue weighted by Gasteiger charge is -2.44.